The number of hydrogen-bond donors (Lipinski definition) is 0. The van der Waals surface area contributed by atoms with Crippen LogP contribution in [0.4, 0.5) is 0 Å². The van der Waals surface area contributed by atoms with Gasteiger partial charge in [-0.15, -0.1) is 0 Å². The lowest BCUT2D eigenvalue weighted by Crippen LogP contribution is -2.60. The first-order valence-corrected chi connectivity index (χ1v) is 22.2. The van der Waals surface area contributed by atoms with Gasteiger partial charge in [-0.3, -0.25) is 9.59 Å². The van der Waals surface area contributed by atoms with Gasteiger partial charge < -0.3 is 42.8 Å². The number of rotatable bonds is 9. The largest absolute Gasteiger partial charge is 0.469 e. The molecule has 3 heterocycles. The number of methoxy groups -OCH3 is 2. The van der Waals surface area contributed by atoms with Crippen LogP contribution < -0.4 is 0 Å². The number of nitrogens with zero attached hydrogens (tertiary/aromatic N) is 1. The Bertz CT molecular complexity index is 1410. The number of cyclic esters (lactones) is 1. The molecular formula is C42H65NO10S2. The molecule has 0 aromatic carbocycles. The smallest absolute Gasteiger partial charge is 0.306 e. The van der Waals surface area contributed by atoms with Gasteiger partial charge in [0.05, 0.1) is 30.8 Å². The van der Waals surface area contributed by atoms with Gasteiger partial charge in [-0.05, 0) is 127 Å². The summed E-state index contributed by atoms with van der Waals surface area (Å²) in [5, 5.41) is 0. The summed E-state index contributed by atoms with van der Waals surface area (Å²) in [7, 11) is 7.44. The molecule has 3 aliphatic carbocycles. The summed E-state index contributed by atoms with van der Waals surface area (Å²) in [5.41, 5.74) is 0.751. The first-order valence-electron chi connectivity index (χ1n) is 20.6. The van der Waals surface area contributed by atoms with E-state index in [0.717, 1.165) is 50.5 Å². The summed E-state index contributed by atoms with van der Waals surface area (Å²) in [6.45, 7) is 8.13. The molecule has 0 radical (unpaired) electrons. The van der Waals surface area contributed by atoms with Gasteiger partial charge in [-0.25, -0.2) is 0 Å². The minimum absolute atomic E-state index is 0.0250. The van der Waals surface area contributed by atoms with E-state index in [1.54, 1.807) is 14.2 Å². The fourth-order valence-corrected chi connectivity index (χ4v) is 10.7. The summed E-state index contributed by atoms with van der Waals surface area (Å²) in [4.78, 5) is 30.5. The third kappa shape index (κ3) is 9.57. The molecule has 0 amide bonds. The van der Waals surface area contributed by atoms with Crippen LogP contribution in [0, 0.1) is 35.5 Å². The van der Waals surface area contributed by atoms with Crippen LogP contribution >= 0.6 is 24.0 Å². The number of thiocarbonyl (C=S) groups is 1. The standard InChI is InChI=1S/C42H65NO10S2/c1-10-26-12-11-13-34(52-36-17-16-33(43(5)6)23(3)48-36)22(2)37(45)32-20-30-28(31(32)21-35(44)50-26)15-14-25-18-27(19-29(25)30)51-41-40(47-8)39(53-42(54)55-9)38(46-7)24(4)49-41/h14-15,20,22-31,33-34,36,38-41H,10-13,16-19,21H2,1-9H3/t22-,23-,24+,25-,26+,27-,28-,29-,30-,31+,33+,34+,36+,38+,39-,40-,41+/m1/s1. The third-order valence-electron chi connectivity index (χ3n) is 13.4. The van der Waals surface area contributed by atoms with Gasteiger partial charge in [0.25, 0.3) is 0 Å². The summed E-state index contributed by atoms with van der Waals surface area (Å²) in [6, 6.07) is 0.332. The van der Waals surface area contributed by atoms with Crippen molar-refractivity contribution in [3.8, 4) is 0 Å². The second kappa shape index (κ2) is 19.1. The molecule has 55 heavy (non-hydrogen) atoms. The predicted molar refractivity (Wildman–Crippen MR) is 214 cm³/mol. The van der Waals surface area contributed by atoms with Gasteiger partial charge in [0.15, 0.2) is 24.5 Å². The van der Waals surface area contributed by atoms with E-state index < -0.39 is 18.5 Å². The summed E-state index contributed by atoms with van der Waals surface area (Å²) >= 11 is 6.78. The summed E-state index contributed by atoms with van der Waals surface area (Å²) in [6.07, 6.45) is 11.9. The number of ketones is 1. The van der Waals surface area contributed by atoms with Gasteiger partial charge in [-0.2, -0.15) is 0 Å². The van der Waals surface area contributed by atoms with Gasteiger partial charge >= 0.3 is 5.97 Å². The average molecular weight is 808 g/mol. The third-order valence-corrected chi connectivity index (χ3v) is 14.4. The minimum Gasteiger partial charge on any atom is -0.469 e. The van der Waals surface area contributed by atoms with Crippen LogP contribution in [0.5, 0.6) is 0 Å². The Morgan fingerprint density at radius 2 is 1.69 bits per heavy atom. The van der Waals surface area contributed by atoms with Crippen molar-refractivity contribution in [2.24, 2.45) is 35.5 Å². The average Bonchev–Trinajstić information content (AvgIpc) is 3.73. The lowest BCUT2D eigenvalue weighted by molar-refractivity contribution is -0.308. The topological polar surface area (TPSA) is 111 Å². The highest BCUT2D eigenvalue weighted by molar-refractivity contribution is 8.22. The number of hydrogen-bond acceptors (Lipinski definition) is 13. The van der Waals surface area contributed by atoms with Crippen LogP contribution in [-0.2, 0) is 47.5 Å². The van der Waals surface area contributed by atoms with E-state index >= 15 is 0 Å². The molecule has 1 saturated carbocycles. The molecule has 11 nitrogen and oxygen atoms in total. The molecule has 3 saturated heterocycles. The van der Waals surface area contributed by atoms with Gasteiger partial charge in [0.1, 0.15) is 18.3 Å². The van der Waals surface area contributed by atoms with Crippen molar-refractivity contribution in [3.05, 3.63) is 23.8 Å². The minimum atomic E-state index is -0.673. The van der Waals surface area contributed by atoms with Crippen LogP contribution in [0.1, 0.15) is 85.5 Å². The monoisotopic (exact) mass is 807 g/mol. The number of carbonyl (C=O) groups is 2. The Morgan fingerprint density at radius 3 is 2.36 bits per heavy atom. The molecule has 0 aromatic heterocycles. The zero-order valence-corrected chi connectivity index (χ0v) is 35.9. The van der Waals surface area contributed by atoms with Crippen LogP contribution in [0.25, 0.3) is 0 Å². The first kappa shape index (κ1) is 43.2. The van der Waals surface area contributed by atoms with E-state index in [9.17, 15) is 9.59 Å². The number of Topliss-reactive ketones (excluding diaryl/α,β-unsaturated/α-hetero) is 1. The van der Waals surface area contributed by atoms with Crippen molar-refractivity contribution in [2.45, 2.75) is 153 Å². The quantitative estimate of drug-likeness (QED) is 0.144. The Morgan fingerprint density at radius 1 is 0.927 bits per heavy atom. The number of allylic oxidation sites excluding steroid dienone is 4. The van der Waals surface area contributed by atoms with E-state index in [1.165, 1.54) is 11.8 Å². The molecule has 0 N–H and O–H groups in total. The first-order chi connectivity index (χ1) is 26.4. The molecule has 6 rings (SSSR count). The van der Waals surface area contributed by atoms with E-state index in [2.05, 4.69) is 51.1 Å². The number of carbonyl (C=O) groups excluding carboxylic acids is 2. The summed E-state index contributed by atoms with van der Waals surface area (Å²) < 4.78 is 50.6. The lowest BCUT2D eigenvalue weighted by Gasteiger charge is -2.44. The van der Waals surface area contributed by atoms with Gasteiger partial charge in [0.2, 0.25) is 4.38 Å². The van der Waals surface area contributed by atoms with Crippen molar-refractivity contribution in [1.29, 1.82) is 0 Å². The van der Waals surface area contributed by atoms with Crippen LogP contribution in [0.2, 0.25) is 0 Å². The fourth-order valence-electron chi connectivity index (χ4n) is 10.4. The van der Waals surface area contributed by atoms with E-state index in [1.807, 2.05) is 20.1 Å². The molecule has 17 atom stereocenters. The molecule has 0 unspecified atom stereocenters. The molecule has 4 fully saturated rings. The van der Waals surface area contributed by atoms with E-state index in [0.29, 0.717) is 16.8 Å². The molecule has 13 heteroatoms. The maximum Gasteiger partial charge on any atom is 0.306 e. The molecule has 0 bridgehead atoms. The predicted octanol–water partition coefficient (Wildman–Crippen LogP) is 6.51. The van der Waals surface area contributed by atoms with Crippen molar-refractivity contribution < 1.29 is 47.5 Å². The zero-order chi connectivity index (χ0) is 39.6. The molecule has 3 aliphatic heterocycles. The molecule has 0 aromatic rings. The Balaban J connectivity index is 1.20. The van der Waals surface area contributed by atoms with Crippen molar-refractivity contribution in [2.75, 3.05) is 34.6 Å². The highest BCUT2D eigenvalue weighted by atomic mass is 32.2. The number of likely N-dealkylation sites (N-methyl/N-ethyl adjacent to an activating group) is 1. The summed E-state index contributed by atoms with van der Waals surface area (Å²) in [5.74, 6) is -0.136. The highest BCUT2D eigenvalue weighted by Gasteiger charge is 2.53. The Labute approximate surface area is 338 Å². The highest BCUT2D eigenvalue weighted by Crippen LogP contribution is 2.54. The molecular weight excluding hydrogens is 743 g/mol. The van der Waals surface area contributed by atoms with Gasteiger partial charge in [0, 0.05) is 32.1 Å². The number of fused-ring (bicyclic) bond motifs is 5. The van der Waals surface area contributed by atoms with Crippen LogP contribution in [0.15, 0.2) is 23.8 Å². The molecule has 310 valence electrons. The second-order valence-corrected chi connectivity index (χ2v) is 18.2. The van der Waals surface area contributed by atoms with Crippen LogP contribution in [-0.4, -0.2) is 123 Å². The maximum atomic E-state index is 14.7. The number of esters is 1. The van der Waals surface area contributed by atoms with E-state index in [-0.39, 0.29) is 96.6 Å². The number of ether oxygens (including phenoxy) is 8. The number of thioether (sulfide) groups is 1. The SMILES string of the molecule is CC[C@H]1CCC[C@H](O[C@H]2CC[C@H](N(C)C)[C@@H](C)O2)[C@@H](C)C(=O)C2=C[C@@H]3[C@@H](C=C[C@@H]4C[C@@H](O[C@@H]5O[C@@H](C)[C@H](OC)[C@@H](OC(=S)SC)[C@H]5OC)C[C@@H]34)[C@@H]2CC(=O)O1. The van der Waals surface area contributed by atoms with Crippen molar-refractivity contribution in [1.82, 2.24) is 4.90 Å². The van der Waals surface area contributed by atoms with Crippen molar-refractivity contribution in [3.63, 3.8) is 0 Å². The molecule has 0 spiro atoms. The normalized spacial score (nSPS) is 43.7. The Hall–Kier alpha value is -1.42. The Kier molecular flexibility index (Phi) is 15.0. The van der Waals surface area contributed by atoms with Crippen LogP contribution in [0.3, 0.4) is 0 Å². The lowest BCUT2D eigenvalue weighted by atomic mass is 9.70. The van der Waals surface area contributed by atoms with E-state index in [4.69, 9.17) is 50.1 Å². The second-order valence-electron chi connectivity index (χ2n) is 16.8. The van der Waals surface area contributed by atoms with Crippen molar-refractivity contribution >= 4 is 40.1 Å². The maximum absolute atomic E-state index is 14.7. The van der Waals surface area contributed by atoms with Gasteiger partial charge in [-0.1, -0.05) is 43.8 Å². The molecule has 6 aliphatic rings. The zero-order valence-electron chi connectivity index (χ0n) is 34.3. The fraction of sp³-hybridized carbons (Fsp3) is 0.833.